The summed E-state index contributed by atoms with van der Waals surface area (Å²) in [6.07, 6.45) is 9.67. The zero-order valence-electron chi connectivity index (χ0n) is 15.2. The molecule has 2 aliphatic rings. The van der Waals surface area contributed by atoms with Crippen molar-refractivity contribution in [2.75, 3.05) is 0 Å². The van der Waals surface area contributed by atoms with Gasteiger partial charge in [-0.3, -0.25) is 0 Å². The smallest absolute Gasteiger partial charge is 0.145 e. The Balaban J connectivity index is 1.50. The molecule has 2 aromatic rings. The lowest BCUT2D eigenvalue weighted by Gasteiger charge is -2.54. The fourth-order valence-corrected chi connectivity index (χ4v) is 5.85. The monoisotopic (exact) mass is 323 g/mol. The van der Waals surface area contributed by atoms with Gasteiger partial charge in [0.2, 0.25) is 0 Å². The van der Waals surface area contributed by atoms with E-state index < -0.39 is 0 Å². The van der Waals surface area contributed by atoms with Gasteiger partial charge in [-0.2, -0.15) is 0 Å². The molecule has 0 unspecified atom stereocenters. The van der Waals surface area contributed by atoms with Gasteiger partial charge in [0.05, 0.1) is 6.20 Å². The Hall–Kier alpha value is -1.57. The molecule has 0 radical (unpaired) electrons. The fraction of sp³-hybridized carbons (Fsp3) is 0.591. The molecule has 1 fully saturated rings. The van der Waals surface area contributed by atoms with Crippen molar-refractivity contribution < 1.29 is 4.52 Å². The lowest BCUT2D eigenvalue weighted by Crippen LogP contribution is -2.49. The zero-order valence-corrected chi connectivity index (χ0v) is 15.2. The second kappa shape index (κ2) is 5.75. The number of aromatic nitrogens is 1. The van der Waals surface area contributed by atoms with Gasteiger partial charge in [0.25, 0.3) is 0 Å². The number of hydrogen-bond donors (Lipinski definition) is 0. The molecule has 0 aliphatic heterocycles. The molecule has 1 aromatic carbocycles. The van der Waals surface area contributed by atoms with Crippen molar-refractivity contribution in [3.05, 3.63) is 53.4 Å². The summed E-state index contributed by atoms with van der Waals surface area (Å²) in [5, 5.41) is 4.11. The number of fused-ring (bicyclic) bond motifs is 2. The molecule has 0 N–H and O–H groups in total. The second-order valence-corrected chi connectivity index (χ2v) is 8.96. The first-order valence-electron chi connectivity index (χ1n) is 9.47. The van der Waals surface area contributed by atoms with E-state index in [9.17, 15) is 0 Å². The standard InChI is InChI=1S/C22H29NO/c1-21(2)19-12-11-17(10-9-16-7-5-4-6-8-16)13-22(19,3)14-18-15-23-24-20(18)21/h4-8,15,17,19H,9-14H2,1-3H3/t17-,19-,22-/m0/s1. The number of aryl methyl sites for hydroxylation is 1. The second-order valence-electron chi connectivity index (χ2n) is 8.96. The molecule has 2 nitrogen and oxygen atoms in total. The molecule has 4 rings (SSSR count). The van der Waals surface area contributed by atoms with Crippen molar-refractivity contribution in [1.29, 1.82) is 0 Å². The van der Waals surface area contributed by atoms with Crippen molar-refractivity contribution in [2.24, 2.45) is 17.3 Å². The van der Waals surface area contributed by atoms with Crippen LogP contribution in [-0.4, -0.2) is 5.16 Å². The highest BCUT2D eigenvalue weighted by Gasteiger charge is 2.53. The van der Waals surface area contributed by atoms with Gasteiger partial charge in [0.1, 0.15) is 5.76 Å². The van der Waals surface area contributed by atoms with E-state index in [2.05, 4.69) is 56.3 Å². The van der Waals surface area contributed by atoms with Crippen LogP contribution >= 0.6 is 0 Å². The van der Waals surface area contributed by atoms with Gasteiger partial charge >= 0.3 is 0 Å². The molecule has 2 heteroatoms. The molecule has 24 heavy (non-hydrogen) atoms. The maximum Gasteiger partial charge on any atom is 0.145 e. The number of hydrogen-bond acceptors (Lipinski definition) is 2. The summed E-state index contributed by atoms with van der Waals surface area (Å²) in [7, 11) is 0. The molecule has 0 amide bonds. The molecule has 0 spiro atoms. The Morgan fingerprint density at radius 1 is 1.12 bits per heavy atom. The molecular weight excluding hydrogens is 294 g/mol. The molecule has 3 atom stereocenters. The Morgan fingerprint density at radius 2 is 1.92 bits per heavy atom. The lowest BCUT2D eigenvalue weighted by atomic mass is 9.50. The van der Waals surface area contributed by atoms with Crippen molar-refractivity contribution in [2.45, 2.75) is 64.7 Å². The van der Waals surface area contributed by atoms with Crippen LogP contribution in [0.3, 0.4) is 0 Å². The van der Waals surface area contributed by atoms with Crippen LogP contribution in [0.5, 0.6) is 0 Å². The Bertz CT molecular complexity index is 702. The van der Waals surface area contributed by atoms with E-state index >= 15 is 0 Å². The minimum atomic E-state index is 0.114. The summed E-state index contributed by atoms with van der Waals surface area (Å²) in [6.45, 7) is 7.25. The van der Waals surface area contributed by atoms with Gasteiger partial charge < -0.3 is 4.52 Å². The van der Waals surface area contributed by atoms with E-state index in [1.807, 2.05) is 6.20 Å². The molecule has 1 aromatic heterocycles. The van der Waals surface area contributed by atoms with Crippen LogP contribution in [0.15, 0.2) is 41.1 Å². The Kier molecular flexibility index (Phi) is 3.82. The number of nitrogens with zero attached hydrogens (tertiary/aromatic N) is 1. The average Bonchev–Trinajstić information content (AvgIpc) is 3.02. The predicted molar refractivity (Wildman–Crippen MR) is 96.9 cm³/mol. The fourth-order valence-electron chi connectivity index (χ4n) is 5.85. The van der Waals surface area contributed by atoms with Crippen molar-refractivity contribution in [3.63, 3.8) is 0 Å². The Labute approximate surface area is 145 Å². The molecule has 0 bridgehead atoms. The Morgan fingerprint density at radius 3 is 2.71 bits per heavy atom. The first kappa shape index (κ1) is 15.9. The van der Waals surface area contributed by atoms with Crippen LogP contribution in [-0.2, 0) is 18.3 Å². The van der Waals surface area contributed by atoms with E-state index in [1.165, 1.54) is 43.2 Å². The summed E-state index contributed by atoms with van der Waals surface area (Å²) in [6, 6.07) is 11.0. The maximum atomic E-state index is 5.65. The van der Waals surface area contributed by atoms with Crippen LogP contribution in [0.25, 0.3) is 0 Å². The van der Waals surface area contributed by atoms with Gasteiger partial charge in [-0.1, -0.05) is 62.7 Å². The topological polar surface area (TPSA) is 26.0 Å². The normalized spacial score (nSPS) is 31.3. The van der Waals surface area contributed by atoms with Crippen molar-refractivity contribution in [3.8, 4) is 0 Å². The van der Waals surface area contributed by atoms with Gasteiger partial charge in [-0.05, 0) is 54.9 Å². The number of rotatable bonds is 3. The van der Waals surface area contributed by atoms with E-state index in [1.54, 1.807) is 0 Å². The van der Waals surface area contributed by atoms with Crippen LogP contribution in [0, 0.1) is 17.3 Å². The van der Waals surface area contributed by atoms with Gasteiger partial charge in [-0.15, -0.1) is 0 Å². The van der Waals surface area contributed by atoms with E-state index in [0.29, 0.717) is 11.3 Å². The first-order chi connectivity index (χ1) is 11.5. The summed E-state index contributed by atoms with van der Waals surface area (Å²) in [5.41, 5.74) is 3.34. The third-order valence-electron chi connectivity index (χ3n) is 6.84. The summed E-state index contributed by atoms with van der Waals surface area (Å²) in [5.74, 6) is 2.70. The first-order valence-corrected chi connectivity index (χ1v) is 9.47. The van der Waals surface area contributed by atoms with Crippen LogP contribution < -0.4 is 0 Å². The van der Waals surface area contributed by atoms with E-state index in [4.69, 9.17) is 4.52 Å². The van der Waals surface area contributed by atoms with Crippen LogP contribution in [0.1, 0.15) is 63.3 Å². The predicted octanol–water partition coefficient (Wildman–Crippen LogP) is 5.56. The molecule has 1 saturated carbocycles. The molecular formula is C22H29NO. The minimum absolute atomic E-state index is 0.114. The lowest BCUT2D eigenvalue weighted by molar-refractivity contribution is 0.00220. The zero-order chi connectivity index (χ0) is 16.8. The highest BCUT2D eigenvalue weighted by Crippen LogP contribution is 2.58. The summed E-state index contributed by atoms with van der Waals surface area (Å²) in [4.78, 5) is 0. The molecule has 0 saturated heterocycles. The summed E-state index contributed by atoms with van der Waals surface area (Å²) < 4.78 is 5.65. The molecule has 128 valence electrons. The van der Waals surface area contributed by atoms with Crippen molar-refractivity contribution in [1.82, 2.24) is 5.16 Å². The van der Waals surface area contributed by atoms with Crippen LogP contribution in [0.4, 0.5) is 0 Å². The quantitative estimate of drug-likeness (QED) is 0.738. The number of benzene rings is 1. The molecule has 1 heterocycles. The van der Waals surface area contributed by atoms with Gasteiger partial charge in [-0.25, -0.2) is 0 Å². The largest absolute Gasteiger partial charge is 0.361 e. The van der Waals surface area contributed by atoms with E-state index in [0.717, 1.165) is 18.1 Å². The summed E-state index contributed by atoms with van der Waals surface area (Å²) >= 11 is 0. The van der Waals surface area contributed by atoms with E-state index in [-0.39, 0.29) is 5.41 Å². The van der Waals surface area contributed by atoms with Crippen LogP contribution in [0.2, 0.25) is 0 Å². The highest BCUT2D eigenvalue weighted by molar-refractivity contribution is 5.30. The van der Waals surface area contributed by atoms with Crippen molar-refractivity contribution >= 4 is 0 Å². The molecule has 2 aliphatic carbocycles. The minimum Gasteiger partial charge on any atom is -0.361 e. The third kappa shape index (κ3) is 2.60. The maximum absolute atomic E-state index is 5.65. The average molecular weight is 323 g/mol. The SMILES string of the molecule is CC1(C)c2oncc2C[C@]2(C)C[C@@H](CCc3ccccc3)CC[C@@H]12. The third-order valence-corrected chi connectivity index (χ3v) is 6.84. The van der Waals surface area contributed by atoms with Gasteiger partial charge in [0.15, 0.2) is 0 Å². The highest BCUT2D eigenvalue weighted by atomic mass is 16.5. The van der Waals surface area contributed by atoms with Gasteiger partial charge in [0, 0.05) is 11.0 Å².